The Hall–Kier alpha value is -0.740. The van der Waals surface area contributed by atoms with Gasteiger partial charge in [0.15, 0.2) is 5.11 Å². The first-order valence-corrected chi connectivity index (χ1v) is 7.13. The summed E-state index contributed by atoms with van der Waals surface area (Å²) in [5.41, 5.74) is 2.28. The lowest BCUT2D eigenvalue weighted by Crippen LogP contribution is -2.29. The highest BCUT2D eigenvalue weighted by Crippen LogP contribution is 2.08. The van der Waals surface area contributed by atoms with Crippen molar-refractivity contribution in [3.63, 3.8) is 0 Å². The van der Waals surface area contributed by atoms with Crippen LogP contribution < -0.4 is 10.6 Å². The molecule has 0 fully saturated rings. The maximum absolute atomic E-state index is 5.20. The molecular weight excluding hydrogens is 236 g/mol. The van der Waals surface area contributed by atoms with Gasteiger partial charge in [0.1, 0.15) is 0 Å². The van der Waals surface area contributed by atoms with E-state index in [1.165, 1.54) is 11.3 Å². The molecule has 1 rings (SSSR count). The highest BCUT2D eigenvalue weighted by molar-refractivity contribution is 7.98. The molecule has 2 N–H and O–H groups in total. The molecule has 0 atom stereocenters. The van der Waals surface area contributed by atoms with Gasteiger partial charge < -0.3 is 10.6 Å². The first-order valence-electron chi connectivity index (χ1n) is 5.33. The van der Waals surface area contributed by atoms with Crippen molar-refractivity contribution in [3.05, 3.63) is 29.8 Å². The molecule has 0 heterocycles. The van der Waals surface area contributed by atoms with Crippen LogP contribution in [0.2, 0.25) is 0 Å². The Labute approximate surface area is 107 Å². The minimum absolute atomic E-state index is 0.701. The van der Waals surface area contributed by atoms with Crippen LogP contribution in [-0.4, -0.2) is 23.7 Å². The SMILES string of the molecule is CSCCCNC(=S)Nc1cccc(C)c1. The molecule has 0 bridgehead atoms. The number of anilines is 1. The standard InChI is InChI=1S/C12H18N2S2/c1-10-5-3-6-11(9-10)14-12(15)13-7-4-8-16-2/h3,5-6,9H,4,7-8H2,1-2H3,(H2,13,14,15). The van der Waals surface area contributed by atoms with Crippen molar-refractivity contribution in [2.45, 2.75) is 13.3 Å². The normalized spacial score (nSPS) is 9.88. The van der Waals surface area contributed by atoms with Crippen LogP contribution in [0.25, 0.3) is 0 Å². The Morgan fingerprint density at radius 2 is 2.25 bits per heavy atom. The van der Waals surface area contributed by atoms with Crippen molar-refractivity contribution in [3.8, 4) is 0 Å². The van der Waals surface area contributed by atoms with Gasteiger partial charge >= 0.3 is 0 Å². The minimum Gasteiger partial charge on any atom is -0.362 e. The predicted octanol–water partition coefficient (Wildman–Crippen LogP) is 3.03. The highest BCUT2D eigenvalue weighted by Gasteiger charge is 1.96. The fraction of sp³-hybridized carbons (Fsp3) is 0.417. The molecule has 0 aliphatic rings. The van der Waals surface area contributed by atoms with Gasteiger partial charge in [-0.25, -0.2) is 0 Å². The van der Waals surface area contributed by atoms with Crippen LogP contribution in [0.1, 0.15) is 12.0 Å². The molecule has 0 aromatic heterocycles. The Bertz CT molecular complexity index is 340. The monoisotopic (exact) mass is 254 g/mol. The largest absolute Gasteiger partial charge is 0.362 e. The van der Waals surface area contributed by atoms with Gasteiger partial charge in [-0.1, -0.05) is 12.1 Å². The lowest BCUT2D eigenvalue weighted by atomic mass is 10.2. The van der Waals surface area contributed by atoms with Crippen molar-refractivity contribution in [1.29, 1.82) is 0 Å². The smallest absolute Gasteiger partial charge is 0.170 e. The summed E-state index contributed by atoms with van der Waals surface area (Å²) >= 11 is 7.06. The number of hydrogen-bond acceptors (Lipinski definition) is 2. The summed E-state index contributed by atoms with van der Waals surface area (Å²) in [6.07, 6.45) is 3.25. The van der Waals surface area contributed by atoms with Crippen LogP contribution in [0.15, 0.2) is 24.3 Å². The lowest BCUT2D eigenvalue weighted by molar-refractivity contribution is 0.855. The number of thiocarbonyl (C=S) groups is 1. The number of benzene rings is 1. The average Bonchev–Trinajstić information content (AvgIpc) is 2.24. The third-order valence-corrected chi connectivity index (χ3v) is 3.03. The van der Waals surface area contributed by atoms with Gasteiger partial charge in [-0.05, 0) is 55.3 Å². The van der Waals surface area contributed by atoms with Crippen molar-refractivity contribution < 1.29 is 0 Å². The van der Waals surface area contributed by atoms with Gasteiger partial charge in [0.25, 0.3) is 0 Å². The topological polar surface area (TPSA) is 24.1 Å². The lowest BCUT2D eigenvalue weighted by Gasteiger charge is -2.10. The number of hydrogen-bond donors (Lipinski definition) is 2. The maximum Gasteiger partial charge on any atom is 0.170 e. The molecule has 0 saturated heterocycles. The second-order valence-corrected chi connectivity index (χ2v) is 4.99. The second kappa shape index (κ2) is 7.52. The van der Waals surface area contributed by atoms with E-state index in [9.17, 15) is 0 Å². The number of aryl methyl sites for hydroxylation is 1. The minimum atomic E-state index is 0.701. The molecule has 0 unspecified atom stereocenters. The first kappa shape index (κ1) is 13.3. The molecule has 2 nitrogen and oxygen atoms in total. The van der Waals surface area contributed by atoms with Crippen LogP contribution in [0.3, 0.4) is 0 Å². The predicted molar refractivity (Wildman–Crippen MR) is 78.4 cm³/mol. The Balaban J connectivity index is 2.29. The Kier molecular flexibility index (Phi) is 6.26. The van der Waals surface area contributed by atoms with Gasteiger partial charge in [0.2, 0.25) is 0 Å². The average molecular weight is 254 g/mol. The molecule has 4 heteroatoms. The molecule has 0 aliphatic carbocycles. The summed E-state index contributed by atoms with van der Waals surface area (Å²) in [7, 11) is 0. The van der Waals surface area contributed by atoms with Gasteiger partial charge in [0.05, 0.1) is 0 Å². The van der Waals surface area contributed by atoms with Crippen molar-refractivity contribution in [2.75, 3.05) is 23.9 Å². The van der Waals surface area contributed by atoms with Crippen molar-refractivity contribution in [2.24, 2.45) is 0 Å². The summed E-state index contributed by atoms with van der Waals surface area (Å²) in [6, 6.07) is 8.19. The van der Waals surface area contributed by atoms with E-state index in [1.807, 2.05) is 23.9 Å². The number of thioether (sulfide) groups is 1. The van der Waals surface area contributed by atoms with Crippen LogP contribution in [-0.2, 0) is 0 Å². The van der Waals surface area contributed by atoms with E-state index >= 15 is 0 Å². The van der Waals surface area contributed by atoms with E-state index in [4.69, 9.17) is 12.2 Å². The van der Waals surface area contributed by atoms with E-state index in [0.717, 1.165) is 18.7 Å². The summed E-state index contributed by atoms with van der Waals surface area (Å²) < 4.78 is 0. The van der Waals surface area contributed by atoms with Gasteiger partial charge in [-0.3, -0.25) is 0 Å². The summed E-state index contributed by atoms with van der Waals surface area (Å²) in [5, 5.41) is 7.07. The molecule has 0 spiro atoms. The summed E-state index contributed by atoms with van der Waals surface area (Å²) in [4.78, 5) is 0. The Morgan fingerprint density at radius 3 is 2.94 bits per heavy atom. The van der Waals surface area contributed by atoms with Gasteiger partial charge in [-0.15, -0.1) is 0 Å². The van der Waals surface area contributed by atoms with Crippen LogP contribution in [0.5, 0.6) is 0 Å². The quantitative estimate of drug-likeness (QED) is 0.623. The molecular formula is C12H18N2S2. The van der Waals surface area contributed by atoms with Crippen molar-refractivity contribution in [1.82, 2.24) is 5.32 Å². The fourth-order valence-electron chi connectivity index (χ4n) is 1.32. The molecule has 0 radical (unpaired) electrons. The molecule has 16 heavy (non-hydrogen) atoms. The van der Waals surface area contributed by atoms with E-state index in [0.29, 0.717) is 5.11 Å². The maximum atomic E-state index is 5.20. The fourth-order valence-corrected chi connectivity index (χ4v) is 1.97. The molecule has 88 valence electrons. The van der Waals surface area contributed by atoms with Gasteiger partial charge in [0, 0.05) is 12.2 Å². The molecule has 1 aromatic rings. The number of nitrogens with one attached hydrogen (secondary N) is 2. The number of rotatable bonds is 5. The van der Waals surface area contributed by atoms with Crippen molar-refractivity contribution >= 4 is 34.8 Å². The van der Waals surface area contributed by atoms with E-state index in [-0.39, 0.29) is 0 Å². The highest BCUT2D eigenvalue weighted by atomic mass is 32.2. The summed E-state index contributed by atoms with van der Waals surface area (Å²) in [6.45, 7) is 3.00. The van der Waals surface area contributed by atoms with E-state index in [1.54, 1.807) is 0 Å². The zero-order valence-corrected chi connectivity index (χ0v) is 11.4. The molecule has 0 amide bonds. The third kappa shape index (κ3) is 5.37. The zero-order valence-electron chi connectivity index (χ0n) is 9.75. The van der Waals surface area contributed by atoms with E-state index in [2.05, 4.69) is 35.9 Å². The molecule has 0 aliphatic heterocycles. The van der Waals surface area contributed by atoms with Gasteiger partial charge in [-0.2, -0.15) is 11.8 Å². The Morgan fingerprint density at radius 1 is 1.44 bits per heavy atom. The second-order valence-electron chi connectivity index (χ2n) is 3.60. The zero-order chi connectivity index (χ0) is 11.8. The molecule has 1 aromatic carbocycles. The third-order valence-electron chi connectivity index (χ3n) is 2.09. The van der Waals surface area contributed by atoms with E-state index < -0.39 is 0 Å². The van der Waals surface area contributed by atoms with Crippen LogP contribution in [0.4, 0.5) is 5.69 Å². The summed E-state index contributed by atoms with van der Waals surface area (Å²) in [5.74, 6) is 1.17. The first-order chi connectivity index (χ1) is 7.72. The van der Waals surface area contributed by atoms with Crippen LogP contribution >= 0.6 is 24.0 Å². The van der Waals surface area contributed by atoms with Crippen LogP contribution in [0, 0.1) is 6.92 Å². The molecule has 0 saturated carbocycles.